The maximum atomic E-state index is 12.8. The Morgan fingerprint density at radius 1 is 1.10 bits per heavy atom. The van der Waals surface area contributed by atoms with Crippen molar-refractivity contribution in [1.82, 2.24) is 0 Å². The van der Waals surface area contributed by atoms with Gasteiger partial charge >= 0.3 is 7.12 Å². The Balaban J connectivity index is 1.89. The van der Waals surface area contributed by atoms with Crippen LogP contribution in [0.5, 0.6) is 0 Å². The first-order chi connectivity index (χ1) is 9.21. The summed E-state index contributed by atoms with van der Waals surface area (Å²) in [5.74, 6) is -0.299. The predicted molar refractivity (Wildman–Crippen MR) is 76.9 cm³/mol. The van der Waals surface area contributed by atoms with Crippen LogP contribution in [0.2, 0.25) is 6.32 Å². The molecule has 0 aromatic heterocycles. The summed E-state index contributed by atoms with van der Waals surface area (Å²) < 4.78 is 24.6. The molecule has 1 N–H and O–H groups in total. The average Bonchev–Trinajstić information content (AvgIpc) is 2.56. The molecule has 1 saturated heterocycles. The number of halogens is 1. The summed E-state index contributed by atoms with van der Waals surface area (Å²) in [6, 6.07) is 5.91. The van der Waals surface area contributed by atoms with Gasteiger partial charge in [0.25, 0.3) is 0 Å². The van der Waals surface area contributed by atoms with Crippen LogP contribution in [-0.2, 0) is 9.31 Å². The maximum absolute atomic E-state index is 12.8. The first-order valence-electron chi connectivity index (χ1n) is 7.00. The van der Waals surface area contributed by atoms with E-state index in [0.717, 1.165) is 0 Å². The molecule has 3 nitrogen and oxygen atoms in total. The van der Waals surface area contributed by atoms with Gasteiger partial charge in [0.05, 0.1) is 17.3 Å². The van der Waals surface area contributed by atoms with Crippen LogP contribution in [0, 0.1) is 5.82 Å². The van der Waals surface area contributed by atoms with Crippen molar-refractivity contribution >= 4 is 7.12 Å². The van der Waals surface area contributed by atoms with Crippen LogP contribution in [-0.4, -0.2) is 23.4 Å². The van der Waals surface area contributed by atoms with Gasteiger partial charge in [-0.3, -0.25) is 0 Å². The molecule has 0 bridgehead atoms. The first kappa shape index (κ1) is 15.5. The summed E-state index contributed by atoms with van der Waals surface area (Å²) >= 11 is 0. The zero-order valence-corrected chi connectivity index (χ0v) is 12.5. The summed E-state index contributed by atoms with van der Waals surface area (Å²) in [6.45, 7) is 8.01. The molecule has 0 aliphatic carbocycles. The largest absolute Gasteiger partial charge is 0.457 e. The van der Waals surface area contributed by atoms with Crippen LogP contribution in [0.25, 0.3) is 0 Å². The first-order valence-corrected chi connectivity index (χ1v) is 7.00. The van der Waals surface area contributed by atoms with Crippen LogP contribution in [0.1, 0.15) is 45.8 Å². The minimum absolute atomic E-state index is 0.299. The third-order valence-electron chi connectivity index (χ3n) is 4.23. The molecule has 0 unspecified atom stereocenters. The molecule has 0 spiro atoms. The molecule has 1 aliphatic rings. The fourth-order valence-electron chi connectivity index (χ4n) is 2.23. The Labute approximate surface area is 120 Å². The molecular weight excluding hydrogens is 258 g/mol. The number of aliphatic hydroxyl groups excluding tert-OH is 1. The van der Waals surface area contributed by atoms with E-state index in [1.54, 1.807) is 12.1 Å². The topological polar surface area (TPSA) is 38.7 Å². The maximum Gasteiger partial charge on any atom is 0.457 e. The monoisotopic (exact) mass is 280 g/mol. The number of aliphatic hydroxyl groups is 1. The zero-order valence-electron chi connectivity index (χ0n) is 12.5. The Bertz CT molecular complexity index is 443. The van der Waals surface area contributed by atoms with Gasteiger partial charge in [-0.1, -0.05) is 12.1 Å². The van der Waals surface area contributed by atoms with E-state index in [1.807, 2.05) is 27.7 Å². The van der Waals surface area contributed by atoms with Gasteiger partial charge in [0.15, 0.2) is 0 Å². The van der Waals surface area contributed by atoms with Crippen LogP contribution in [0.15, 0.2) is 24.3 Å². The third kappa shape index (κ3) is 3.22. The van der Waals surface area contributed by atoms with Crippen molar-refractivity contribution in [3.8, 4) is 0 Å². The molecule has 1 aromatic rings. The van der Waals surface area contributed by atoms with Crippen molar-refractivity contribution in [2.75, 3.05) is 0 Å². The molecule has 20 heavy (non-hydrogen) atoms. The van der Waals surface area contributed by atoms with Crippen LogP contribution in [0.4, 0.5) is 4.39 Å². The standard InChI is InChI=1S/C15H22BFO3/c1-14(2)15(3,4)20-16(19-14)10-9-13(18)11-5-7-12(17)8-6-11/h5-8,13,18H,9-10H2,1-4H3/t13-/m1/s1. The van der Waals surface area contributed by atoms with Gasteiger partial charge in [-0.25, -0.2) is 4.39 Å². The van der Waals surface area contributed by atoms with Crippen molar-refractivity contribution in [1.29, 1.82) is 0 Å². The number of hydrogen-bond donors (Lipinski definition) is 1. The highest BCUT2D eigenvalue weighted by Gasteiger charge is 2.50. The van der Waals surface area contributed by atoms with Crippen LogP contribution in [0.3, 0.4) is 0 Å². The molecular formula is C15H22BFO3. The SMILES string of the molecule is CC1(C)OB(CC[C@@H](O)c2ccc(F)cc2)OC1(C)C. The van der Waals surface area contributed by atoms with Gasteiger partial charge < -0.3 is 14.4 Å². The second kappa shape index (κ2) is 5.47. The smallest absolute Gasteiger partial charge is 0.403 e. The van der Waals surface area contributed by atoms with Crippen molar-refractivity contribution in [3.05, 3.63) is 35.6 Å². The lowest BCUT2D eigenvalue weighted by Gasteiger charge is -2.32. The summed E-state index contributed by atoms with van der Waals surface area (Å²) in [5.41, 5.74) is 0.0136. The molecule has 1 aliphatic heterocycles. The average molecular weight is 280 g/mol. The lowest BCUT2D eigenvalue weighted by atomic mass is 9.81. The molecule has 1 aromatic carbocycles. The fraction of sp³-hybridized carbons (Fsp3) is 0.600. The summed E-state index contributed by atoms with van der Waals surface area (Å²) in [5, 5.41) is 10.1. The number of hydrogen-bond acceptors (Lipinski definition) is 3. The van der Waals surface area contributed by atoms with Gasteiger partial charge in [-0.15, -0.1) is 0 Å². The van der Waals surface area contributed by atoms with E-state index in [0.29, 0.717) is 18.3 Å². The molecule has 110 valence electrons. The van der Waals surface area contributed by atoms with Gasteiger partial charge in [0.2, 0.25) is 0 Å². The van der Waals surface area contributed by atoms with E-state index in [9.17, 15) is 9.50 Å². The van der Waals surface area contributed by atoms with Crippen molar-refractivity contribution in [2.24, 2.45) is 0 Å². The van der Waals surface area contributed by atoms with Crippen LogP contribution >= 0.6 is 0 Å². The highest BCUT2D eigenvalue weighted by atomic mass is 19.1. The van der Waals surface area contributed by atoms with E-state index in [4.69, 9.17) is 9.31 Å². The Hall–Kier alpha value is -0.905. The van der Waals surface area contributed by atoms with Gasteiger partial charge in [-0.05, 0) is 58.1 Å². The third-order valence-corrected chi connectivity index (χ3v) is 4.23. The fourth-order valence-corrected chi connectivity index (χ4v) is 2.23. The Morgan fingerprint density at radius 2 is 1.60 bits per heavy atom. The Kier molecular flexibility index (Phi) is 4.23. The van der Waals surface area contributed by atoms with Crippen molar-refractivity contribution in [2.45, 2.75) is 57.7 Å². The zero-order chi connectivity index (χ0) is 15.0. The lowest BCUT2D eigenvalue weighted by Crippen LogP contribution is -2.41. The molecule has 5 heteroatoms. The van der Waals surface area contributed by atoms with Gasteiger partial charge in [0, 0.05) is 0 Å². The molecule has 1 heterocycles. The van der Waals surface area contributed by atoms with E-state index in [2.05, 4.69) is 0 Å². The minimum Gasteiger partial charge on any atom is -0.403 e. The Morgan fingerprint density at radius 3 is 2.10 bits per heavy atom. The predicted octanol–water partition coefficient (Wildman–Crippen LogP) is 3.34. The normalized spacial score (nSPS) is 22.0. The number of benzene rings is 1. The molecule has 1 atom stereocenters. The van der Waals surface area contributed by atoms with E-state index in [-0.39, 0.29) is 24.1 Å². The lowest BCUT2D eigenvalue weighted by molar-refractivity contribution is 0.00578. The molecule has 2 rings (SSSR count). The van der Waals surface area contributed by atoms with E-state index < -0.39 is 6.10 Å². The molecule has 1 fully saturated rings. The second-order valence-corrected chi connectivity index (χ2v) is 6.33. The number of rotatable bonds is 4. The molecule has 0 radical (unpaired) electrons. The van der Waals surface area contributed by atoms with Gasteiger partial charge in [-0.2, -0.15) is 0 Å². The van der Waals surface area contributed by atoms with E-state index >= 15 is 0 Å². The van der Waals surface area contributed by atoms with E-state index in [1.165, 1.54) is 12.1 Å². The second-order valence-electron chi connectivity index (χ2n) is 6.33. The molecule has 0 saturated carbocycles. The summed E-state index contributed by atoms with van der Waals surface area (Å²) in [4.78, 5) is 0. The summed E-state index contributed by atoms with van der Waals surface area (Å²) in [7, 11) is -0.310. The highest BCUT2D eigenvalue weighted by molar-refractivity contribution is 6.45. The van der Waals surface area contributed by atoms with Crippen molar-refractivity contribution in [3.63, 3.8) is 0 Å². The highest BCUT2D eigenvalue weighted by Crippen LogP contribution is 2.38. The quantitative estimate of drug-likeness (QED) is 0.860. The van der Waals surface area contributed by atoms with Crippen LogP contribution < -0.4 is 0 Å². The summed E-state index contributed by atoms with van der Waals surface area (Å²) in [6.07, 6.45) is 0.489. The van der Waals surface area contributed by atoms with Crippen molar-refractivity contribution < 1.29 is 18.8 Å². The van der Waals surface area contributed by atoms with Gasteiger partial charge in [0.1, 0.15) is 5.82 Å². The minimum atomic E-state index is -0.630. The molecule has 0 amide bonds.